The SMILES string of the molecule is COC(=O)c1ccc(Nc2cn[nH]c(=S)n2)cc1. The van der Waals surface area contributed by atoms with Crippen LogP contribution < -0.4 is 5.32 Å². The van der Waals surface area contributed by atoms with E-state index in [1.807, 2.05) is 0 Å². The van der Waals surface area contributed by atoms with Crippen LogP contribution in [0.2, 0.25) is 0 Å². The number of carbonyl (C=O) groups excluding carboxylic acids is 1. The average Bonchev–Trinajstić information content (AvgIpc) is 2.39. The van der Waals surface area contributed by atoms with Crippen molar-refractivity contribution in [3.05, 3.63) is 40.8 Å². The second-order valence-corrected chi connectivity index (χ2v) is 3.75. The summed E-state index contributed by atoms with van der Waals surface area (Å²) in [6.07, 6.45) is 1.52. The van der Waals surface area contributed by atoms with Gasteiger partial charge in [-0.25, -0.2) is 4.79 Å². The molecule has 0 aliphatic rings. The molecule has 0 radical (unpaired) electrons. The molecule has 1 aromatic carbocycles. The molecule has 0 atom stereocenters. The van der Waals surface area contributed by atoms with Gasteiger partial charge in [-0.1, -0.05) is 0 Å². The van der Waals surface area contributed by atoms with Crippen molar-refractivity contribution in [1.82, 2.24) is 15.2 Å². The van der Waals surface area contributed by atoms with Gasteiger partial charge in [0.2, 0.25) is 4.77 Å². The molecule has 0 saturated carbocycles. The smallest absolute Gasteiger partial charge is 0.337 e. The van der Waals surface area contributed by atoms with E-state index in [1.54, 1.807) is 24.3 Å². The van der Waals surface area contributed by atoms with Gasteiger partial charge in [0.1, 0.15) is 0 Å². The molecule has 0 bridgehead atoms. The highest BCUT2D eigenvalue weighted by molar-refractivity contribution is 7.71. The molecule has 1 heterocycles. The Morgan fingerprint density at radius 3 is 2.72 bits per heavy atom. The first kappa shape index (κ1) is 12.2. The Balaban J connectivity index is 2.16. The van der Waals surface area contributed by atoms with Crippen LogP contribution in [-0.2, 0) is 4.74 Å². The van der Waals surface area contributed by atoms with E-state index in [-0.39, 0.29) is 5.97 Å². The summed E-state index contributed by atoms with van der Waals surface area (Å²) in [5.74, 6) is 0.160. The molecular formula is C11H10N4O2S. The standard InChI is InChI=1S/C11H10N4O2S/c1-17-10(16)7-2-4-8(5-3-7)13-9-6-12-15-11(18)14-9/h2-6H,1H3,(H2,13,14,15,18). The minimum atomic E-state index is -0.372. The predicted molar refractivity (Wildman–Crippen MR) is 68.3 cm³/mol. The fourth-order valence-electron chi connectivity index (χ4n) is 1.33. The number of anilines is 2. The van der Waals surface area contributed by atoms with Gasteiger partial charge in [-0.2, -0.15) is 10.1 Å². The van der Waals surface area contributed by atoms with Crippen molar-refractivity contribution < 1.29 is 9.53 Å². The number of nitrogens with one attached hydrogen (secondary N) is 2. The maximum atomic E-state index is 11.2. The lowest BCUT2D eigenvalue weighted by atomic mass is 10.2. The quantitative estimate of drug-likeness (QED) is 0.651. The molecule has 0 aliphatic heterocycles. The number of esters is 1. The number of hydrogen-bond acceptors (Lipinski definition) is 6. The highest BCUT2D eigenvalue weighted by Crippen LogP contribution is 2.14. The van der Waals surface area contributed by atoms with Crippen LogP contribution in [0.1, 0.15) is 10.4 Å². The van der Waals surface area contributed by atoms with Crippen molar-refractivity contribution in [3.8, 4) is 0 Å². The number of aromatic amines is 1. The van der Waals surface area contributed by atoms with Crippen LogP contribution in [0.25, 0.3) is 0 Å². The van der Waals surface area contributed by atoms with Crippen LogP contribution in [0, 0.1) is 4.77 Å². The Morgan fingerprint density at radius 1 is 1.39 bits per heavy atom. The molecule has 2 rings (SSSR count). The van der Waals surface area contributed by atoms with Crippen molar-refractivity contribution >= 4 is 29.7 Å². The first-order valence-corrected chi connectivity index (χ1v) is 5.47. The lowest BCUT2D eigenvalue weighted by molar-refractivity contribution is 0.0601. The van der Waals surface area contributed by atoms with E-state index in [0.717, 1.165) is 5.69 Å². The number of rotatable bonds is 3. The summed E-state index contributed by atoms with van der Waals surface area (Å²) >= 11 is 4.86. The van der Waals surface area contributed by atoms with Gasteiger partial charge in [-0.15, -0.1) is 0 Å². The van der Waals surface area contributed by atoms with E-state index >= 15 is 0 Å². The molecule has 2 aromatic rings. The average molecular weight is 262 g/mol. The van der Waals surface area contributed by atoms with Crippen molar-refractivity contribution in [2.45, 2.75) is 0 Å². The largest absolute Gasteiger partial charge is 0.465 e. The van der Waals surface area contributed by atoms with E-state index in [9.17, 15) is 4.79 Å². The van der Waals surface area contributed by atoms with E-state index in [4.69, 9.17) is 12.2 Å². The normalized spacial score (nSPS) is 9.83. The first-order valence-electron chi connectivity index (χ1n) is 5.06. The number of H-pyrrole nitrogens is 1. The van der Waals surface area contributed by atoms with Crippen molar-refractivity contribution in [2.75, 3.05) is 12.4 Å². The van der Waals surface area contributed by atoms with E-state index < -0.39 is 0 Å². The van der Waals surface area contributed by atoms with Gasteiger partial charge in [0.15, 0.2) is 5.82 Å². The molecule has 0 unspecified atom stereocenters. The summed E-state index contributed by atoms with van der Waals surface area (Å²) in [5.41, 5.74) is 1.26. The number of aromatic nitrogens is 3. The lowest BCUT2D eigenvalue weighted by Crippen LogP contribution is -2.01. The second kappa shape index (κ2) is 5.37. The lowest BCUT2D eigenvalue weighted by Gasteiger charge is -2.05. The number of benzene rings is 1. The zero-order chi connectivity index (χ0) is 13.0. The number of hydrogen-bond donors (Lipinski definition) is 2. The molecule has 0 saturated heterocycles. The van der Waals surface area contributed by atoms with E-state index in [1.165, 1.54) is 13.3 Å². The van der Waals surface area contributed by atoms with Gasteiger partial charge in [-0.3, -0.25) is 5.10 Å². The minimum absolute atomic E-state index is 0.297. The van der Waals surface area contributed by atoms with Crippen LogP contribution in [0.5, 0.6) is 0 Å². The zero-order valence-electron chi connectivity index (χ0n) is 9.51. The minimum Gasteiger partial charge on any atom is -0.465 e. The van der Waals surface area contributed by atoms with Gasteiger partial charge in [0.25, 0.3) is 0 Å². The van der Waals surface area contributed by atoms with E-state index in [2.05, 4.69) is 25.2 Å². The third-order valence-electron chi connectivity index (χ3n) is 2.15. The highest BCUT2D eigenvalue weighted by Gasteiger charge is 2.04. The molecule has 0 amide bonds. The topological polar surface area (TPSA) is 79.9 Å². The first-order chi connectivity index (χ1) is 8.69. The Labute approximate surface area is 108 Å². The fourth-order valence-corrected chi connectivity index (χ4v) is 1.48. The second-order valence-electron chi connectivity index (χ2n) is 3.37. The number of carbonyl (C=O) groups is 1. The molecule has 0 aliphatic carbocycles. The Morgan fingerprint density at radius 2 is 2.11 bits per heavy atom. The Bertz CT molecular complexity index is 609. The third kappa shape index (κ3) is 2.89. The summed E-state index contributed by atoms with van der Waals surface area (Å²) in [5, 5.41) is 9.37. The molecule has 1 aromatic heterocycles. The maximum absolute atomic E-state index is 11.2. The molecule has 6 nitrogen and oxygen atoms in total. The predicted octanol–water partition coefficient (Wildman–Crippen LogP) is 2.06. The third-order valence-corrected chi connectivity index (χ3v) is 2.33. The van der Waals surface area contributed by atoms with Crippen molar-refractivity contribution in [1.29, 1.82) is 0 Å². The summed E-state index contributed by atoms with van der Waals surface area (Å²) in [4.78, 5) is 15.3. The number of methoxy groups -OCH3 is 1. The summed E-state index contributed by atoms with van der Waals surface area (Å²) in [6, 6.07) is 6.80. The van der Waals surface area contributed by atoms with Gasteiger partial charge < -0.3 is 10.1 Å². The van der Waals surface area contributed by atoms with Crippen molar-refractivity contribution in [2.24, 2.45) is 0 Å². The summed E-state index contributed by atoms with van der Waals surface area (Å²) < 4.78 is 4.91. The fraction of sp³-hybridized carbons (Fsp3) is 0.0909. The highest BCUT2D eigenvalue weighted by atomic mass is 32.1. The molecule has 0 spiro atoms. The van der Waals surface area contributed by atoms with E-state index in [0.29, 0.717) is 16.2 Å². The maximum Gasteiger partial charge on any atom is 0.337 e. The zero-order valence-corrected chi connectivity index (χ0v) is 10.3. The molecule has 18 heavy (non-hydrogen) atoms. The molecule has 0 fully saturated rings. The molecule has 7 heteroatoms. The van der Waals surface area contributed by atoms with Gasteiger partial charge in [0, 0.05) is 5.69 Å². The van der Waals surface area contributed by atoms with Crippen LogP contribution in [0.3, 0.4) is 0 Å². The summed E-state index contributed by atoms with van der Waals surface area (Å²) in [7, 11) is 1.34. The Kier molecular flexibility index (Phi) is 3.63. The number of ether oxygens (including phenoxy) is 1. The monoisotopic (exact) mass is 262 g/mol. The molecular weight excluding hydrogens is 252 g/mol. The molecule has 2 N–H and O–H groups in total. The summed E-state index contributed by atoms with van der Waals surface area (Å²) in [6.45, 7) is 0. The van der Waals surface area contributed by atoms with Crippen LogP contribution in [0.4, 0.5) is 11.5 Å². The van der Waals surface area contributed by atoms with Gasteiger partial charge >= 0.3 is 5.97 Å². The van der Waals surface area contributed by atoms with Gasteiger partial charge in [-0.05, 0) is 36.5 Å². The van der Waals surface area contributed by atoms with Crippen LogP contribution >= 0.6 is 12.2 Å². The van der Waals surface area contributed by atoms with Crippen LogP contribution in [0.15, 0.2) is 30.5 Å². The Hall–Kier alpha value is -2.28. The molecule has 92 valence electrons. The van der Waals surface area contributed by atoms with Crippen LogP contribution in [-0.4, -0.2) is 28.3 Å². The van der Waals surface area contributed by atoms with Crippen molar-refractivity contribution in [3.63, 3.8) is 0 Å². The van der Waals surface area contributed by atoms with Gasteiger partial charge in [0.05, 0.1) is 18.9 Å². The number of nitrogens with zero attached hydrogens (tertiary/aromatic N) is 2.